The fraction of sp³-hybridized carbons (Fsp3) is 0.848. The normalized spacial score (nSPS) is 14.3. The molecule has 0 spiro atoms. The average molecular weight is 797 g/mol. The van der Waals surface area contributed by atoms with E-state index in [1.54, 1.807) is 6.08 Å². The molecule has 9 heteroatoms. The van der Waals surface area contributed by atoms with Crippen molar-refractivity contribution in [1.29, 1.82) is 0 Å². The summed E-state index contributed by atoms with van der Waals surface area (Å²) in [5.74, 6) is -0.206. The zero-order valence-electron chi connectivity index (χ0n) is 35.9. The van der Waals surface area contributed by atoms with E-state index in [1.807, 2.05) is 6.08 Å². The maximum Gasteiger partial charge on any atom is 0.472 e. The molecule has 0 rings (SSSR count). The lowest BCUT2D eigenvalue weighted by atomic mass is 10.0. The Bertz CT molecular complexity index is 959. The van der Waals surface area contributed by atoms with E-state index in [1.165, 1.54) is 154 Å². The molecular weight excluding hydrogens is 707 g/mol. The minimum Gasteiger partial charge on any atom is -0.387 e. The first kappa shape index (κ1) is 53.7. The number of rotatable bonds is 43. The Balaban J connectivity index is 4.24. The third-order valence-corrected chi connectivity index (χ3v) is 11.2. The lowest BCUT2D eigenvalue weighted by Crippen LogP contribution is -2.45. The topological polar surface area (TPSA) is 131 Å². The number of hydrogen-bond acceptors (Lipinski definition) is 6. The van der Waals surface area contributed by atoms with Crippen LogP contribution in [0.5, 0.6) is 0 Å². The number of amides is 1. The molecule has 0 bridgehead atoms. The van der Waals surface area contributed by atoms with E-state index in [9.17, 15) is 19.4 Å². The number of aliphatic hydroxyl groups excluding tert-OH is 1. The van der Waals surface area contributed by atoms with Crippen LogP contribution in [0.1, 0.15) is 219 Å². The molecular formula is C46H89N2O6P. The molecule has 0 aromatic heterocycles. The van der Waals surface area contributed by atoms with Crippen molar-refractivity contribution in [3.63, 3.8) is 0 Å². The lowest BCUT2D eigenvalue weighted by Gasteiger charge is -2.23. The van der Waals surface area contributed by atoms with Crippen LogP contribution in [-0.2, 0) is 18.4 Å². The Hall–Kier alpha value is -1.28. The highest BCUT2D eigenvalue weighted by Gasteiger charge is 2.26. The zero-order valence-corrected chi connectivity index (χ0v) is 36.8. The highest BCUT2D eigenvalue weighted by atomic mass is 31.2. The second-order valence-electron chi connectivity index (χ2n) is 15.6. The van der Waals surface area contributed by atoms with Crippen LogP contribution in [0.3, 0.4) is 0 Å². The quantitative estimate of drug-likeness (QED) is 0.0274. The van der Waals surface area contributed by atoms with Crippen molar-refractivity contribution in [3.05, 3.63) is 36.5 Å². The van der Waals surface area contributed by atoms with Crippen molar-refractivity contribution in [3.8, 4) is 0 Å². The molecule has 0 fully saturated rings. The zero-order chi connectivity index (χ0) is 40.3. The van der Waals surface area contributed by atoms with Gasteiger partial charge in [-0.05, 0) is 44.9 Å². The van der Waals surface area contributed by atoms with Gasteiger partial charge in [-0.2, -0.15) is 0 Å². The molecule has 0 saturated heterocycles. The summed E-state index contributed by atoms with van der Waals surface area (Å²) in [4.78, 5) is 22.7. The van der Waals surface area contributed by atoms with Crippen molar-refractivity contribution in [1.82, 2.24) is 5.32 Å². The summed E-state index contributed by atoms with van der Waals surface area (Å²) in [7, 11) is -4.35. The fourth-order valence-electron chi connectivity index (χ4n) is 6.69. The molecule has 5 N–H and O–H groups in total. The summed E-state index contributed by atoms with van der Waals surface area (Å²) in [6, 6.07) is -0.880. The molecule has 1 amide bonds. The standard InChI is InChI=1S/C46H89N2O6P/c1-3-5-7-9-11-13-15-17-19-21-22-24-25-27-29-31-33-35-37-39-45(49)44(43-54-55(51,52)53-42-41-47)48-46(50)40-38-36-34-32-30-28-26-23-20-18-16-14-12-10-8-6-4-2/h22,24,29,31,37,39,44-45,49H,3-21,23,25-28,30,32-36,38,40-43,47H2,1-2H3,(H,48,50)(H,51,52)/b24-22+,31-29+,39-37+. The monoisotopic (exact) mass is 797 g/mol. The first-order valence-corrected chi connectivity index (χ1v) is 24.6. The molecule has 55 heavy (non-hydrogen) atoms. The van der Waals surface area contributed by atoms with Crippen LogP contribution < -0.4 is 11.1 Å². The molecule has 0 aliphatic rings. The third kappa shape index (κ3) is 40.7. The molecule has 0 aromatic rings. The highest BCUT2D eigenvalue weighted by Crippen LogP contribution is 2.43. The molecule has 3 atom stereocenters. The Morgan fingerprint density at radius 2 is 0.964 bits per heavy atom. The highest BCUT2D eigenvalue weighted by molar-refractivity contribution is 7.47. The van der Waals surface area contributed by atoms with Gasteiger partial charge in [0.05, 0.1) is 25.4 Å². The van der Waals surface area contributed by atoms with Crippen LogP contribution >= 0.6 is 7.82 Å². The first-order valence-electron chi connectivity index (χ1n) is 23.1. The molecule has 0 aromatic carbocycles. The van der Waals surface area contributed by atoms with Gasteiger partial charge in [-0.25, -0.2) is 4.57 Å². The predicted octanol–water partition coefficient (Wildman–Crippen LogP) is 13.1. The number of phosphoric acid groups is 1. The molecule has 0 saturated carbocycles. The molecule has 0 radical (unpaired) electrons. The van der Waals surface area contributed by atoms with Crippen LogP contribution in [0.15, 0.2) is 36.5 Å². The second kappa shape index (κ2) is 42.3. The SMILES string of the molecule is CCCCCCCCCCC/C=C/CC/C=C/CC/C=C/C(O)C(COP(=O)(O)OCCN)NC(=O)CCCCCCCCCCCCCCCCCCC. The average Bonchev–Trinajstić information content (AvgIpc) is 3.17. The van der Waals surface area contributed by atoms with Crippen molar-refractivity contribution in [2.24, 2.45) is 5.73 Å². The van der Waals surface area contributed by atoms with Crippen LogP contribution in [-0.4, -0.2) is 47.8 Å². The number of carbonyl (C=O) groups is 1. The summed E-state index contributed by atoms with van der Waals surface area (Å²) in [5.41, 5.74) is 5.38. The van der Waals surface area contributed by atoms with Crippen LogP contribution in [0.4, 0.5) is 0 Å². The van der Waals surface area contributed by atoms with E-state index in [2.05, 4.69) is 43.5 Å². The second-order valence-corrected chi connectivity index (χ2v) is 17.1. The van der Waals surface area contributed by atoms with Gasteiger partial charge in [0.15, 0.2) is 0 Å². The van der Waals surface area contributed by atoms with E-state index >= 15 is 0 Å². The number of hydrogen-bond donors (Lipinski definition) is 4. The number of unbranched alkanes of at least 4 members (excludes halogenated alkanes) is 27. The third-order valence-electron chi connectivity index (χ3n) is 10.2. The van der Waals surface area contributed by atoms with Gasteiger partial charge < -0.3 is 21.1 Å². The van der Waals surface area contributed by atoms with E-state index < -0.39 is 20.0 Å². The Morgan fingerprint density at radius 1 is 0.582 bits per heavy atom. The van der Waals surface area contributed by atoms with E-state index in [0.717, 1.165) is 44.9 Å². The van der Waals surface area contributed by atoms with E-state index in [4.69, 9.17) is 14.8 Å². The number of allylic oxidation sites excluding steroid dienone is 5. The molecule has 3 unspecified atom stereocenters. The Kier molecular flexibility index (Phi) is 41.3. The van der Waals surface area contributed by atoms with Crippen LogP contribution in [0.25, 0.3) is 0 Å². The van der Waals surface area contributed by atoms with Gasteiger partial charge in [0, 0.05) is 13.0 Å². The smallest absolute Gasteiger partial charge is 0.387 e. The maximum atomic E-state index is 12.8. The first-order chi connectivity index (χ1) is 26.9. The number of carbonyl (C=O) groups excluding carboxylic acids is 1. The minimum atomic E-state index is -4.35. The fourth-order valence-corrected chi connectivity index (χ4v) is 7.45. The minimum absolute atomic E-state index is 0.0728. The number of nitrogens with two attached hydrogens (primary N) is 1. The summed E-state index contributed by atoms with van der Waals surface area (Å²) >= 11 is 0. The van der Waals surface area contributed by atoms with Crippen molar-refractivity contribution >= 4 is 13.7 Å². The summed E-state index contributed by atoms with van der Waals surface area (Å²) in [6.45, 7) is 4.12. The summed E-state index contributed by atoms with van der Waals surface area (Å²) in [5, 5.41) is 13.7. The number of aliphatic hydroxyl groups is 1. The van der Waals surface area contributed by atoms with E-state index in [0.29, 0.717) is 6.42 Å². The summed E-state index contributed by atoms with van der Waals surface area (Å²) in [6.07, 6.45) is 50.6. The molecule has 0 heterocycles. The summed E-state index contributed by atoms with van der Waals surface area (Å²) < 4.78 is 22.1. The van der Waals surface area contributed by atoms with Crippen molar-refractivity contribution < 1.29 is 28.4 Å². The molecule has 8 nitrogen and oxygen atoms in total. The Morgan fingerprint density at radius 3 is 1.40 bits per heavy atom. The van der Waals surface area contributed by atoms with Crippen LogP contribution in [0, 0.1) is 0 Å². The lowest BCUT2D eigenvalue weighted by molar-refractivity contribution is -0.123. The van der Waals surface area contributed by atoms with Gasteiger partial charge in [-0.3, -0.25) is 13.8 Å². The molecule has 0 aliphatic heterocycles. The maximum absolute atomic E-state index is 12.8. The largest absolute Gasteiger partial charge is 0.472 e. The molecule has 0 aliphatic carbocycles. The van der Waals surface area contributed by atoms with Gasteiger partial charge in [-0.15, -0.1) is 0 Å². The van der Waals surface area contributed by atoms with Crippen LogP contribution in [0.2, 0.25) is 0 Å². The van der Waals surface area contributed by atoms with Gasteiger partial charge in [-0.1, -0.05) is 204 Å². The van der Waals surface area contributed by atoms with Gasteiger partial charge in [0.25, 0.3) is 0 Å². The van der Waals surface area contributed by atoms with Gasteiger partial charge in [0.1, 0.15) is 0 Å². The van der Waals surface area contributed by atoms with E-state index in [-0.39, 0.29) is 25.7 Å². The predicted molar refractivity (Wildman–Crippen MR) is 235 cm³/mol. The molecule has 324 valence electrons. The Labute approximate surface area is 340 Å². The van der Waals surface area contributed by atoms with Gasteiger partial charge >= 0.3 is 7.82 Å². The van der Waals surface area contributed by atoms with Crippen molar-refractivity contribution in [2.75, 3.05) is 19.8 Å². The van der Waals surface area contributed by atoms with Crippen molar-refractivity contribution in [2.45, 2.75) is 231 Å². The van der Waals surface area contributed by atoms with Gasteiger partial charge in [0.2, 0.25) is 5.91 Å². The number of nitrogens with one attached hydrogen (secondary N) is 1. The number of phosphoric ester groups is 1.